The van der Waals surface area contributed by atoms with Gasteiger partial charge in [-0.25, -0.2) is 8.78 Å². The third-order valence-electron chi connectivity index (χ3n) is 6.73. The van der Waals surface area contributed by atoms with Crippen molar-refractivity contribution in [2.24, 2.45) is 17.8 Å². The van der Waals surface area contributed by atoms with Gasteiger partial charge in [0.15, 0.2) is 11.6 Å². The number of rotatable bonds is 5. The Bertz CT molecular complexity index is 912. The van der Waals surface area contributed by atoms with Gasteiger partial charge in [0, 0.05) is 17.2 Å². The molecule has 4 aliphatic carbocycles. The van der Waals surface area contributed by atoms with Crippen LogP contribution in [0, 0.1) is 29.4 Å². The molecule has 1 N–H and O–H groups in total. The Labute approximate surface area is 172 Å². The van der Waals surface area contributed by atoms with Gasteiger partial charge in [-0.15, -0.1) is 10.2 Å². The number of aromatic nitrogens is 2. The SMILES string of the molecule is C[C@@H](Sc1nnc(C23CC4CC(CC(C4)C2)C3)o1)C(=O)Nc1ccc(F)c(F)c1. The number of nitrogens with one attached hydrogen (secondary N) is 1. The standard InChI is InChI=1S/C21H23F2N3O2S/c1-11(18(27)24-15-2-3-16(22)17(23)7-15)29-20-26-25-19(28-20)21-8-12-4-13(9-21)6-14(5-12)10-21/h2-3,7,11-14H,4-6,8-10H2,1H3,(H,24,27)/t11-,12?,13?,14?,21?/m1/s1. The first-order valence-corrected chi connectivity index (χ1v) is 11.0. The van der Waals surface area contributed by atoms with Gasteiger partial charge in [-0.2, -0.15) is 0 Å². The van der Waals surface area contributed by atoms with Crippen LogP contribution >= 0.6 is 11.8 Å². The molecule has 0 spiro atoms. The lowest BCUT2D eigenvalue weighted by molar-refractivity contribution is -0.115. The van der Waals surface area contributed by atoms with Gasteiger partial charge < -0.3 is 9.73 Å². The molecule has 4 aliphatic rings. The summed E-state index contributed by atoms with van der Waals surface area (Å²) in [4.78, 5) is 12.4. The Morgan fingerprint density at radius 3 is 2.41 bits per heavy atom. The molecule has 4 fully saturated rings. The van der Waals surface area contributed by atoms with E-state index >= 15 is 0 Å². The summed E-state index contributed by atoms with van der Waals surface area (Å²) in [5, 5.41) is 11.0. The second-order valence-corrected chi connectivity index (χ2v) is 10.2. The van der Waals surface area contributed by atoms with Crippen molar-refractivity contribution in [3.05, 3.63) is 35.7 Å². The van der Waals surface area contributed by atoms with Crippen LogP contribution in [0.15, 0.2) is 27.8 Å². The molecule has 1 aromatic carbocycles. The highest BCUT2D eigenvalue weighted by Gasteiger charge is 2.54. The summed E-state index contributed by atoms with van der Waals surface area (Å²) in [5.41, 5.74) is 0.235. The van der Waals surface area contributed by atoms with E-state index in [-0.39, 0.29) is 17.0 Å². The van der Waals surface area contributed by atoms with E-state index in [1.54, 1.807) is 6.92 Å². The minimum Gasteiger partial charge on any atom is -0.415 e. The Hall–Kier alpha value is -1.96. The zero-order valence-electron chi connectivity index (χ0n) is 16.2. The number of nitrogens with zero attached hydrogens (tertiary/aromatic N) is 2. The normalized spacial score (nSPS) is 31.1. The number of hydrogen-bond acceptors (Lipinski definition) is 5. The number of anilines is 1. The van der Waals surface area contributed by atoms with E-state index < -0.39 is 16.9 Å². The molecule has 2 aromatic rings. The number of carbonyl (C=O) groups is 1. The summed E-state index contributed by atoms with van der Waals surface area (Å²) >= 11 is 1.18. The van der Waals surface area contributed by atoms with Gasteiger partial charge in [0.1, 0.15) is 0 Å². The van der Waals surface area contributed by atoms with Crippen LogP contribution in [0.2, 0.25) is 0 Å². The minimum atomic E-state index is -1.000. The fourth-order valence-electron chi connectivity index (χ4n) is 5.87. The molecule has 29 heavy (non-hydrogen) atoms. The van der Waals surface area contributed by atoms with Gasteiger partial charge in [0.05, 0.1) is 5.25 Å². The topological polar surface area (TPSA) is 68.0 Å². The summed E-state index contributed by atoms with van der Waals surface area (Å²) in [6.07, 6.45) is 7.44. The maximum atomic E-state index is 13.3. The van der Waals surface area contributed by atoms with E-state index in [0.29, 0.717) is 5.22 Å². The zero-order chi connectivity index (χ0) is 20.2. The average Bonchev–Trinajstić information content (AvgIpc) is 3.13. The van der Waals surface area contributed by atoms with Crippen LogP contribution in [-0.4, -0.2) is 21.4 Å². The molecule has 0 saturated heterocycles. The van der Waals surface area contributed by atoms with Crippen LogP contribution in [0.1, 0.15) is 51.3 Å². The summed E-state index contributed by atoms with van der Waals surface area (Å²) in [5.74, 6) is 0.789. The van der Waals surface area contributed by atoms with Crippen LogP contribution in [0.4, 0.5) is 14.5 Å². The minimum absolute atomic E-state index is 0.0255. The Morgan fingerprint density at radius 2 is 1.79 bits per heavy atom. The van der Waals surface area contributed by atoms with Crippen molar-refractivity contribution in [2.75, 3.05) is 5.32 Å². The second kappa shape index (κ2) is 7.07. The third-order valence-corrected chi connectivity index (χ3v) is 7.67. The van der Waals surface area contributed by atoms with Gasteiger partial charge in [-0.3, -0.25) is 4.79 Å². The molecule has 1 amide bonds. The Morgan fingerprint density at radius 1 is 1.14 bits per heavy atom. The van der Waals surface area contributed by atoms with Crippen LogP contribution in [-0.2, 0) is 10.2 Å². The van der Waals surface area contributed by atoms with Gasteiger partial charge in [0.2, 0.25) is 11.8 Å². The number of carbonyl (C=O) groups excluding carboxylic acids is 1. The lowest BCUT2D eigenvalue weighted by Gasteiger charge is -2.55. The Balaban J connectivity index is 1.25. The molecular weight excluding hydrogens is 396 g/mol. The van der Waals surface area contributed by atoms with E-state index in [4.69, 9.17) is 4.42 Å². The zero-order valence-corrected chi connectivity index (χ0v) is 17.0. The van der Waals surface area contributed by atoms with Crippen molar-refractivity contribution in [1.82, 2.24) is 10.2 Å². The quantitative estimate of drug-likeness (QED) is 0.696. The molecular formula is C21H23F2N3O2S. The van der Waals surface area contributed by atoms with Crippen LogP contribution in [0.25, 0.3) is 0 Å². The third kappa shape index (κ3) is 3.56. The van der Waals surface area contributed by atoms with Crippen molar-refractivity contribution < 1.29 is 18.0 Å². The van der Waals surface area contributed by atoms with Crippen LogP contribution in [0.3, 0.4) is 0 Å². The molecule has 1 heterocycles. The maximum Gasteiger partial charge on any atom is 0.277 e. The first kappa shape index (κ1) is 19.0. The molecule has 4 bridgehead atoms. The van der Waals surface area contributed by atoms with Gasteiger partial charge in [-0.05, 0) is 75.3 Å². The van der Waals surface area contributed by atoms with E-state index in [9.17, 15) is 13.6 Å². The molecule has 8 heteroatoms. The number of benzene rings is 1. The molecule has 6 rings (SSSR count). The lowest BCUT2D eigenvalue weighted by Crippen LogP contribution is -2.48. The van der Waals surface area contributed by atoms with Crippen molar-refractivity contribution >= 4 is 23.4 Å². The van der Waals surface area contributed by atoms with E-state index in [1.807, 2.05) is 0 Å². The summed E-state index contributed by atoms with van der Waals surface area (Å²) in [6.45, 7) is 1.72. The van der Waals surface area contributed by atoms with Crippen molar-refractivity contribution in [3.63, 3.8) is 0 Å². The highest BCUT2D eigenvalue weighted by Crippen LogP contribution is 2.60. The highest BCUT2D eigenvalue weighted by atomic mass is 32.2. The van der Waals surface area contributed by atoms with E-state index in [1.165, 1.54) is 37.1 Å². The average molecular weight is 419 g/mol. The monoisotopic (exact) mass is 419 g/mol. The predicted octanol–water partition coefficient (Wildman–Crippen LogP) is 4.93. The second-order valence-electron chi connectivity index (χ2n) is 8.95. The van der Waals surface area contributed by atoms with E-state index in [0.717, 1.165) is 55.0 Å². The maximum absolute atomic E-state index is 13.3. The molecule has 4 saturated carbocycles. The first-order valence-electron chi connectivity index (χ1n) is 10.2. The summed E-state index contributed by atoms with van der Waals surface area (Å²) in [7, 11) is 0. The summed E-state index contributed by atoms with van der Waals surface area (Å²) in [6, 6.07) is 3.27. The predicted molar refractivity (Wildman–Crippen MR) is 104 cm³/mol. The molecule has 5 nitrogen and oxygen atoms in total. The molecule has 0 unspecified atom stereocenters. The van der Waals surface area contributed by atoms with Crippen molar-refractivity contribution in [3.8, 4) is 0 Å². The number of halogens is 2. The fraction of sp³-hybridized carbons (Fsp3) is 0.571. The van der Waals surface area contributed by atoms with Gasteiger partial charge in [0.25, 0.3) is 5.22 Å². The van der Waals surface area contributed by atoms with Gasteiger partial charge >= 0.3 is 0 Å². The molecule has 1 atom stereocenters. The lowest BCUT2D eigenvalue weighted by atomic mass is 9.49. The molecule has 0 radical (unpaired) electrons. The molecule has 154 valence electrons. The highest BCUT2D eigenvalue weighted by molar-refractivity contribution is 8.00. The van der Waals surface area contributed by atoms with Crippen molar-refractivity contribution in [2.45, 2.75) is 61.3 Å². The smallest absolute Gasteiger partial charge is 0.277 e. The largest absolute Gasteiger partial charge is 0.415 e. The van der Waals surface area contributed by atoms with Crippen LogP contribution < -0.4 is 5.32 Å². The molecule has 1 aromatic heterocycles. The number of thioether (sulfide) groups is 1. The van der Waals surface area contributed by atoms with Crippen LogP contribution in [0.5, 0.6) is 0 Å². The van der Waals surface area contributed by atoms with E-state index in [2.05, 4.69) is 15.5 Å². The molecule has 0 aliphatic heterocycles. The number of amides is 1. The number of hydrogen-bond donors (Lipinski definition) is 1. The summed E-state index contributed by atoms with van der Waals surface area (Å²) < 4.78 is 32.4. The van der Waals surface area contributed by atoms with Crippen molar-refractivity contribution in [1.29, 1.82) is 0 Å². The fourth-order valence-corrected chi connectivity index (χ4v) is 6.55. The first-order chi connectivity index (χ1) is 13.9. The Kier molecular flexibility index (Phi) is 4.64. The van der Waals surface area contributed by atoms with Gasteiger partial charge in [-0.1, -0.05) is 11.8 Å².